The number of aromatic nitrogens is 3. The first-order chi connectivity index (χ1) is 11.1. The molecule has 0 atom stereocenters. The average Bonchev–Trinajstić information content (AvgIpc) is 2.91. The number of hydrogen-bond acceptors (Lipinski definition) is 5. The second-order valence-electron chi connectivity index (χ2n) is 4.94. The maximum Gasteiger partial charge on any atom is 0.178 e. The molecule has 0 aliphatic carbocycles. The number of hydrogen-bond donors (Lipinski definition) is 1. The number of benzene rings is 1. The van der Waals surface area contributed by atoms with Gasteiger partial charge in [-0.2, -0.15) is 5.26 Å². The Morgan fingerprint density at radius 3 is 2.91 bits per heavy atom. The molecule has 0 aliphatic rings. The number of phenols is 1. The minimum atomic E-state index is 0.0510. The summed E-state index contributed by atoms with van der Waals surface area (Å²) in [7, 11) is 3.32. The van der Waals surface area contributed by atoms with Gasteiger partial charge < -0.3 is 14.4 Å². The van der Waals surface area contributed by atoms with Crippen molar-refractivity contribution < 1.29 is 9.84 Å². The molecular weight excluding hydrogens is 292 g/mol. The molecule has 0 radical (unpaired) electrons. The molecule has 0 fully saturated rings. The van der Waals surface area contributed by atoms with Gasteiger partial charge in [0.2, 0.25) is 0 Å². The van der Waals surface area contributed by atoms with Crippen molar-refractivity contribution in [3.8, 4) is 17.6 Å². The van der Waals surface area contributed by atoms with E-state index in [2.05, 4.69) is 16.0 Å². The summed E-state index contributed by atoms with van der Waals surface area (Å²) in [5.41, 5.74) is 2.58. The molecule has 0 unspecified atom stereocenters. The summed E-state index contributed by atoms with van der Waals surface area (Å²) in [6, 6.07) is 10.8. The van der Waals surface area contributed by atoms with Gasteiger partial charge in [-0.1, -0.05) is 6.07 Å². The van der Waals surface area contributed by atoms with Crippen LogP contribution >= 0.6 is 0 Å². The Morgan fingerprint density at radius 1 is 1.39 bits per heavy atom. The topological polar surface area (TPSA) is 84.0 Å². The van der Waals surface area contributed by atoms with Crippen LogP contribution in [0.3, 0.4) is 0 Å². The van der Waals surface area contributed by atoms with Crippen molar-refractivity contribution in [3.05, 3.63) is 47.9 Å². The SMILES string of the molecule is COc1cc(/C=C(\C#N)c2nc3ncccc3n2C)ccc1O. The van der Waals surface area contributed by atoms with Crippen LogP contribution in [0, 0.1) is 11.3 Å². The second-order valence-corrected chi connectivity index (χ2v) is 4.94. The van der Waals surface area contributed by atoms with Gasteiger partial charge >= 0.3 is 0 Å². The molecule has 0 aliphatic heterocycles. The van der Waals surface area contributed by atoms with Crippen LogP contribution < -0.4 is 4.74 Å². The molecule has 6 nitrogen and oxygen atoms in total. The van der Waals surface area contributed by atoms with E-state index in [1.807, 2.05) is 23.7 Å². The number of allylic oxidation sites excluding steroid dienone is 1. The van der Waals surface area contributed by atoms with Crippen molar-refractivity contribution in [2.45, 2.75) is 0 Å². The third-order valence-electron chi connectivity index (χ3n) is 3.53. The first-order valence-electron chi connectivity index (χ1n) is 6.90. The minimum absolute atomic E-state index is 0.0510. The highest BCUT2D eigenvalue weighted by molar-refractivity contribution is 5.90. The summed E-state index contributed by atoms with van der Waals surface area (Å²) >= 11 is 0. The van der Waals surface area contributed by atoms with Gasteiger partial charge in [0.1, 0.15) is 6.07 Å². The Labute approximate surface area is 132 Å². The fourth-order valence-corrected chi connectivity index (χ4v) is 2.36. The van der Waals surface area contributed by atoms with Crippen molar-refractivity contribution in [3.63, 3.8) is 0 Å². The summed E-state index contributed by atoms with van der Waals surface area (Å²) in [6.45, 7) is 0. The highest BCUT2D eigenvalue weighted by Gasteiger charge is 2.13. The number of aromatic hydroxyl groups is 1. The van der Waals surface area contributed by atoms with E-state index >= 15 is 0 Å². The summed E-state index contributed by atoms with van der Waals surface area (Å²) in [4.78, 5) is 8.62. The van der Waals surface area contributed by atoms with Gasteiger partial charge in [0, 0.05) is 13.2 Å². The zero-order valence-electron chi connectivity index (χ0n) is 12.7. The van der Waals surface area contributed by atoms with Gasteiger partial charge in [-0.05, 0) is 35.9 Å². The molecule has 114 valence electrons. The van der Waals surface area contributed by atoms with Crippen molar-refractivity contribution in [2.75, 3.05) is 7.11 Å². The Bertz CT molecular complexity index is 951. The van der Waals surface area contributed by atoms with E-state index in [1.54, 1.807) is 24.4 Å². The van der Waals surface area contributed by atoms with Crippen LogP contribution in [-0.4, -0.2) is 26.8 Å². The van der Waals surface area contributed by atoms with Crippen LogP contribution in [0.15, 0.2) is 36.5 Å². The van der Waals surface area contributed by atoms with Crippen molar-refractivity contribution in [1.82, 2.24) is 14.5 Å². The Hall–Kier alpha value is -3.33. The number of phenolic OH excluding ortho intramolecular Hbond substituents is 1. The normalized spacial score (nSPS) is 11.4. The molecule has 0 spiro atoms. The average molecular weight is 306 g/mol. The lowest BCUT2D eigenvalue weighted by atomic mass is 10.1. The van der Waals surface area contributed by atoms with Gasteiger partial charge in [-0.25, -0.2) is 9.97 Å². The van der Waals surface area contributed by atoms with Crippen molar-refractivity contribution in [1.29, 1.82) is 5.26 Å². The number of rotatable bonds is 3. The number of aryl methyl sites for hydroxylation is 1. The summed E-state index contributed by atoms with van der Waals surface area (Å²) in [6.07, 6.45) is 3.36. The molecule has 0 saturated heterocycles. The lowest BCUT2D eigenvalue weighted by Crippen LogP contribution is -1.96. The zero-order valence-corrected chi connectivity index (χ0v) is 12.7. The fraction of sp³-hybridized carbons (Fsp3) is 0.118. The predicted octanol–water partition coefficient (Wildman–Crippen LogP) is 2.75. The van der Waals surface area contributed by atoms with Gasteiger partial charge in [0.15, 0.2) is 23.0 Å². The number of ether oxygens (including phenoxy) is 1. The maximum absolute atomic E-state index is 9.65. The Morgan fingerprint density at radius 2 is 2.22 bits per heavy atom. The first-order valence-corrected chi connectivity index (χ1v) is 6.90. The maximum atomic E-state index is 9.65. The number of nitrogens with zero attached hydrogens (tertiary/aromatic N) is 4. The zero-order chi connectivity index (χ0) is 16.4. The number of pyridine rings is 1. The predicted molar refractivity (Wildman–Crippen MR) is 86.7 cm³/mol. The van der Waals surface area contributed by atoms with Crippen LogP contribution in [0.25, 0.3) is 22.8 Å². The lowest BCUT2D eigenvalue weighted by molar-refractivity contribution is 0.373. The molecule has 2 heterocycles. The standard InChI is InChI=1S/C17H14N4O2/c1-21-13-4-3-7-19-16(13)20-17(21)12(10-18)8-11-5-6-14(22)15(9-11)23-2/h3-9,22H,1-2H3/b12-8+. The minimum Gasteiger partial charge on any atom is -0.504 e. The molecule has 3 aromatic rings. The lowest BCUT2D eigenvalue weighted by Gasteiger charge is -2.05. The van der Waals surface area contributed by atoms with Crippen molar-refractivity contribution in [2.24, 2.45) is 7.05 Å². The van der Waals surface area contributed by atoms with Crippen LogP contribution in [0.1, 0.15) is 11.4 Å². The molecule has 2 aromatic heterocycles. The molecule has 0 saturated carbocycles. The van der Waals surface area contributed by atoms with E-state index < -0.39 is 0 Å². The van der Waals surface area contributed by atoms with E-state index in [0.29, 0.717) is 22.8 Å². The van der Waals surface area contributed by atoms with Crippen LogP contribution in [0.2, 0.25) is 0 Å². The van der Waals surface area contributed by atoms with Crippen LogP contribution in [0.5, 0.6) is 11.5 Å². The Kier molecular flexibility index (Phi) is 3.69. The summed E-state index contributed by atoms with van der Waals surface area (Å²) in [5, 5.41) is 19.1. The molecule has 1 aromatic carbocycles. The highest BCUT2D eigenvalue weighted by Crippen LogP contribution is 2.28. The number of methoxy groups -OCH3 is 1. The largest absolute Gasteiger partial charge is 0.504 e. The molecular formula is C17H14N4O2. The summed E-state index contributed by atoms with van der Waals surface area (Å²) < 4.78 is 6.91. The van der Waals surface area contributed by atoms with E-state index in [9.17, 15) is 10.4 Å². The quantitative estimate of drug-likeness (QED) is 0.752. The third kappa shape index (κ3) is 2.60. The van der Waals surface area contributed by atoms with Crippen LogP contribution in [-0.2, 0) is 7.05 Å². The smallest absolute Gasteiger partial charge is 0.178 e. The number of imidazole rings is 1. The second kappa shape index (κ2) is 5.81. The highest BCUT2D eigenvalue weighted by atomic mass is 16.5. The monoisotopic (exact) mass is 306 g/mol. The molecule has 1 N–H and O–H groups in total. The molecule has 0 bridgehead atoms. The van der Waals surface area contributed by atoms with Gasteiger partial charge in [0.25, 0.3) is 0 Å². The molecule has 23 heavy (non-hydrogen) atoms. The van der Waals surface area contributed by atoms with E-state index in [1.165, 1.54) is 13.2 Å². The summed E-state index contributed by atoms with van der Waals surface area (Å²) in [5.74, 6) is 0.936. The third-order valence-corrected chi connectivity index (χ3v) is 3.53. The molecule has 0 amide bonds. The molecule has 6 heteroatoms. The molecule has 3 rings (SSSR count). The van der Waals surface area contributed by atoms with E-state index in [0.717, 1.165) is 11.1 Å². The van der Waals surface area contributed by atoms with Crippen molar-refractivity contribution >= 4 is 22.8 Å². The van der Waals surface area contributed by atoms with E-state index in [-0.39, 0.29) is 5.75 Å². The van der Waals surface area contributed by atoms with Gasteiger partial charge in [-0.15, -0.1) is 0 Å². The fourth-order valence-electron chi connectivity index (χ4n) is 2.36. The first kappa shape index (κ1) is 14.6. The van der Waals surface area contributed by atoms with E-state index in [4.69, 9.17) is 4.74 Å². The Balaban J connectivity index is 2.11. The van der Waals surface area contributed by atoms with Crippen LogP contribution in [0.4, 0.5) is 0 Å². The number of fused-ring (bicyclic) bond motifs is 1. The number of nitriles is 1. The van der Waals surface area contributed by atoms with Gasteiger partial charge in [0.05, 0.1) is 18.2 Å². The van der Waals surface area contributed by atoms with Gasteiger partial charge in [-0.3, -0.25) is 0 Å².